The van der Waals surface area contributed by atoms with Crippen LogP contribution in [0.5, 0.6) is 5.75 Å². The van der Waals surface area contributed by atoms with Gasteiger partial charge in [-0.3, -0.25) is 0 Å². The maximum Gasteiger partial charge on any atom is 0.118 e. The molecule has 0 spiro atoms. The van der Waals surface area contributed by atoms with Gasteiger partial charge in [0.2, 0.25) is 0 Å². The SMILES string of the molecule is CCOC.COC.COc1ccccc1. The number of para-hydroxylation sites is 1. The topological polar surface area (TPSA) is 27.7 Å². The Balaban J connectivity index is 0. The van der Waals surface area contributed by atoms with E-state index < -0.39 is 0 Å². The second kappa shape index (κ2) is 15.4. The van der Waals surface area contributed by atoms with Crippen LogP contribution in [0.4, 0.5) is 0 Å². The van der Waals surface area contributed by atoms with Gasteiger partial charge in [0, 0.05) is 27.9 Å². The van der Waals surface area contributed by atoms with E-state index in [1.807, 2.05) is 37.3 Å². The van der Waals surface area contributed by atoms with Gasteiger partial charge in [0.1, 0.15) is 5.75 Å². The second-order valence-electron chi connectivity index (χ2n) is 2.50. The van der Waals surface area contributed by atoms with Crippen LogP contribution in [0.15, 0.2) is 30.3 Å². The summed E-state index contributed by atoms with van der Waals surface area (Å²) in [4.78, 5) is 0. The lowest BCUT2D eigenvalue weighted by Gasteiger charge is -1.93. The lowest BCUT2D eigenvalue weighted by Crippen LogP contribution is -1.78. The Bertz CT molecular complexity index is 185. The molecule has 0 aromatic heterocycles. The maximum absolute atomic E-state index is 4.91. The quantitative estimate of drug-likeness (QED) is 0.757. The third-order valence-corrected chi connectivity index (χ3v) is 1.27. The van der Waals surface area contributed by atoms with E-state index in [-0.39, 0.29) is 0 Å². The molecule has 0 aliphatic heterocycles. The van der Waals surface area contributed by atoms with Gasteiger partial charge in [-0.1, -0.05) is 18.2 Å². The summed E-state index contributed by atoms with van der Waals surface area (Å²) in [5.74, 6) is 0.910. The smallest absolute Gasteiger partial charge is 0.118 e. The number of methoxy groups -OCH3 is 3. The molecule has 88 valence electrons. The van der Waals surface area contributed by atoms with Crippen LogP contribution in [-0.4, -0.2) is 35.0 Å². The molecule has 0 heterocycles. The fraction of sp³-hybridized carbons (Fsp3) is 0.500. The van der Waals surface area contributed by atoms with Crippen molar-refractivity contribution in [2.75, 3.05) is 35.0 Å². The molecule has 0 radical (unpaired) electrons. The van der Waals surface area contributed by atoms with Crippen molar-refractivity contribution in [2.45, 2.75) is 6.92 Å². The summed E-state index contributed by atoms with van der Waals surface area (Å²) in [6.45, 7) is 2.78. The Hall–Kier alpha value is -1.06. The average molecular weight is 214 g/mol. The molecule has 0 saturated carbocycles. The predicted molar refractivity (Wildman–Crippen MR) is 63.5 cm³/mol. The van der Waals surface area contributed by atoms with Crippen LogP contribution in [0.3, 0.4) is 0 Å². The van der Waals surface area contributed by atoms with E-state index in [1.165, 1.54) is 0 Å². The van der Waals surface area contributed by atoms with Crippen molar-refractivity contribution in [3.8, 4) is 5.75 Å². The van der Waals surface area contributed by atoms with Crippen molar-refractivity contribution >= 4 is 0 Å². The third kappa shape index (κ3) is 15.7. The maximum atomic E-state index is 4.91. The van der Waals surface area contributed by atoms with Gasteiger partial charge in [-0.05, 0) is 19.1 Å². The number of rotatable bonds is 2. The van der Waals surface area contributed by atoms with Crippen molar-refractivity contribution < 1.29 is 14.2 Å². The highest BCUT2D eigenvalue weighted by Gasteiger charge is 1.80. The zero-order valence-electron chi connectivity index (χ0n) is 10.3. The van der Waals surface area contributed by atoms with Crippen molar-refractivity contribution in [1.29, 1.82) is 0 Å². The fourth-order valence-electron chi connectivity index (χ4n) is 0.557. The van der Waals surface area contributed by atoms with Crippen LogP contribution in [-0.2, 0) is 9.47 Å². The highest BCUT2D eigenvalue weighted by atomic mass is 16.5. The lowest BCUT2D eigenvalue weighted by atomic mass is 10.3. The van der Waals surface area contributed by atoms with Crippen LogP contribution in [0.1, 0.15) is 6.92 Å². The van der Waals surface area contributed by atoms with Crippen molar-refractivity contribution in [1.82, 2.24) is 0 Å². The summed E-state index contributed by atoms with van der Waals surface area (Å²) in [5.41, 5.74) is 0. The molecule has 0 saturated heterocycles. The van der Waals surface area contributed by atoms with E-state index >= 15 is 0 Å². The predicted octanol–water partition coefficient (Wildman–Crippen LogP) is 2.61. The molecule has 0 fully saturated rings. The Labute approximate surface area is 93.0 Å². The lowest BCUT2D eigenvalue weighted by molar-refractivity contribution is 0.215. The van der Waals surface area contributed by atoms with Crippen molar-refractivity contribution in [2.24, 2.45) is 0 Å². The molecular formula is C12H22O3. The minimum atomic E-state index is 0.819. The first kappa shape index (κ1) is 16.4. The van der Waals surface area contributed by atoms with Gasteiger partial charge >= 0.3 is 0 Å². The molecule has 0 aliphatic carbocycles. The molecule has 1 aromatic rings. The Morgan fingerprint density at radius 2 is 1.33 bits per heavy atom. The van der Waals surface area contributed by atoms with Gasteiger partial charge in [-0.15, -0.1) is 0 Å². The standard InChI is InChI=1S/C7H8O.C3H8O.C2H6O/c1-8-7-5-3-2-4-6-7;1-3-4-2;1-3-2/h2-6H,1H3;3H2,1-2H3;1-2H3. The van der Waals surface area contributed by atoms with Gasteiger partial charge in [0.05, 0.1) is 7.11 Å². The van der Waals surface area contributed by atoms with Crippen LogP contribution in [0.25, 0.3) is 0 Å². The first-order valence-electron chi connectivity index (χ1n) is 4.74. The first-order chi connectivity index (χ1) is 7.26. The molecule has 0 unspecified atom stereocenters. The summed E-state index contributed by atoms with van der Waals surface area (Å²) in [7, 11) is 6.59. The van der Waals surface area contributed by atoms with E-state index in [0.29, 0.717) is 0 Å². The summed E-state index contributed by atoms with van der Waals surface area (Å²) >= 11 is 0. The summed E-state index contributed by atoms with van der Waals surface area (Å²) < 4.78 is 13.7. The van der Waals surface area contributed by atoms with Crippen molar-refractivity contribution in [3.05, 3.63) is 30.3 Å². The van der Waals surface area contributed by atoms with Crippen LogP contribution < -0.4 is 4.74 Å². The molecule has 3 heteroatoms. The largest absolute Gasteiger partial charge is 0.497 e. The van der Waals surface area contributed by atoms with E-state index in [9.17, 15) is 0 Å². The summed E-state index contributed by atoms with van der Waals surface area (Å²) in [6, 6.07) is 9.68. The number of hydrogen-bond donors (Lipinski definition) is 0. The fourth-order valence-corrected chi connectivity index (χ4v) is 0.557. The number of hydrogen-bond acceptors (Lipinski definition) is 3. The number of benzene rings is 1. The van der Waals surface area contributed by atoms with Crippen molar-refractivity contribution in [3.63, 3.8) is 0 Å². The van der Waals surface area contributed by atoms with E-state index in [2.05, 4.69) is 9.47 Å². The Morgan fingerprint density at radius 3 is 1.53 bits per heavy atom. The molecule has 1 aromatic carbocycles. The molecule has 0 bridgehead atoms. The monoisotopic (exact) mass is 214 g/mol. The summed E-state index contributed by atoms with van der Waals surface area (Å²) in [6.07, 6.45) is 0. The van der Waals surface area contributed by atoms with Crippen LogP contribution in [0, 0.1) is 0 Å². The van der Waals surface area contributed by atoms with Gasteiger partial charge in [0.25, 0.3) is 0 Å². The highest BCUT2D eigenvalue weighted by Crippen LogP contribution is 2.05. The Morgan fingerprint density at radius 1 is 0.933 bits per heavy atom. The molecule has 3 nitrogen and oxygen atoms in total. The number of ether oxygens (including phenoxy) is 3. The van der Waals surface area contributed by atoms with Crippen LogP contribution in [0.2, 0.25) is 0 Å². The van der Waals surface area contributed by atoms with Gasteiger partial charge in [-0.2, -0.15) is 0 Å². The molecule has 0 aliphatic rings. The van der Waals surface area contributed by atoms with Crippen LogP contribution >= 0.6 is 0 Å². The van der Waals surface area contributed by atoms with Gasteiger partial charge in [-0.25, -0.2) is 0 Å². The first-order valence-corrected chi connectivity index (χ1v) is 4.74. The molecule has 1 rings (SSSR count). The zero-order chi connectivity index (χ0) is 11.9. The molecule has 0 amide bonds. The van der Waals surface area contributed by atoms with E-state index in [0.717, 1.165) is 12.4 Å². The zero-order valence-corrected chi connectivity index (χ0v) is 10.3. The Kier molecular flexibility index (Phi) is 16.8. The molecule has 0 atom stereocenters. The molecular weight excluding hydrogens is 192 g/mol. The highest BCUT2D eigenvalue weighted by molar-refractivity contribution is 5.20. The minimum Gasteiger partial charge on any atom is -0.497 e. The summed E-state index contributed by atoms with van der Waals surface area (Å²) in [5, 5.41) is 0. The van der Waals surface area contributed by atoms with E-state index in [1.54, 1.807) is 28.4 Å². The van der Waals surface area contributed by atoms with E-state index in [4.69, 9.17) is 4.74 Å². The van der Waals surface area contributed by atoms with Gasteiger partial charge in [0.15, 0.2) is 0 Å². The molecule has 0 N–H and O–H groups in total. The second-order valence-corrected chi connectivity index (χ2v) is 2.50. The average Bonchev–Trinajstić information content (AvgIpc) is 2.31. The molecule has 15 heavy (non-hydrogen) atoms. The van der Waals surface area contributed by atoms with Gasteiger partial charge < -0.3 is 14.2 Å². The normalized spacial score (nSPS) is 7.80. The minimum absolute atomic E-state index is 0.819. The third-order valence-electron chi connectivity index (χ3n) is 1.27.